The van der Waals surface area contributed by atoms with Crippen LogP contribution < -0.4 is 5.43 Å². The summed E-state index contributed by atoms with van der Waals surface area (Å²) in [7, 11) is 0. The molecular weight excluding hydrogens is 466 g/mol. The highest BCUT2D eigenvalue weighted by molar-refractivity contribution is 9.11. The number of phenolic OH excluding ortho intramolecular Hbond substituents is 3. The summed E-state index contributed by atoms with van der Waals surface area (Å²) in [5, 5.41) is 43.6. The predicted octanol–water partition coefficient (Wildman–Crippen LogP) is 3.00. The Balaban J connectivity index is 2.23. The van der Waals surface area contributed by atoms with Gasteiger partial charge in [0.25, 0.3) is 5.91 Å². The highest BCUT2D eigenvalue weighted by Gasteiger charge is 2.20. The number of nitrogens with zero attached hydrogens (tertiary/aromatic N) is 2. The van der Waals surface area contributed by atoms with Crippen LogP contribution in [0.2, 0.25) is 0 Å². The Morgan fingerprint density at radius 1 is 1.20 bits per heavy atom. The molecule has 0 bridgehead atoms. The zero-order chi connectivity index (χ0) is 18.7. The Morgan fingerprint density at radius 3 is 2.52 bits per heavy atom. The van der Waals surface area contributed by atoms with Gasteiger partial charge in [-0.05, 0) is 44.0 Å². The number of carbonyl (C=O) groups is 1. The molecule has 0 aliphatic carbocycles. The van der Waals surface area contributed by atoms with E-state index in [4.69, 9.17) is 0 Å². The number of amides is 1. The smallest absolute Gasteiger partial charge is 0.311 e. The normalized spacial score (nSPS) is 10.8. The highest BCUT2D eigenvalue weighted by Crippen LogP contribution is 2.40. The van der Waals surface area contributed by atoms with E-state index in [1.165, 1.54) is 18.2 Å². The van der Waals surface area contributed by atoms with Crippen LogP contribution >= 0.6 is 31.9 Å². The number of halogens is 2. The molecule has 0 aromatic heterocycles. The highest BCUT2D eigenvalue weighted by atomic mass is 79.9. The predicted molar refractivity (Wildman–Crippen MR) is 95.0 cm³/mol. The van der Waals surface area contributed by atoms with E-state index in [0.717, 1.165) is 12.3 Å². The van der Waals surface area contributed by atoms with Gasteiger partial charge in [-0.3, -0.25) is 14.9 Å². The fourth-order valence-corrected chi connectivity index (χ4v) is 2.95. The van der Waals surface area contributed by atoms with Gasteiger partial charge >= 0.3 is 5.69 Å². The van der Waals surface area contributed by atoms with Crippen LogP contribution in [0.15, 0.2) is 38.3 Å². The number of nitrogens with one attached hydrogen (secondary N) is 1. The average Bonchev–Trinajstić information content (AvgIpc) is 2.57. The Morgan fingerprint density at radius 2 is 1.88 bits per heavy atom. The number of para-hydroxylation sites is 1. The van der Waals surface area contributed by atoms with Crippen molar-refractivity contribution in [2.75, 3.05) is 0 Å². The number of hydrogen-bond donors (Lipinski definition) is 4. The Hall–Kier alpha value is -2.66. The minimum Gasteiger partial charge on any atom is -0.506 e. The molecule has 0 unspecified atom stereocenters. The minimum absolute atomic E-state index is 0.0333. The van der Waals surface area contributed by atoms with Crippen LogP contribution in [0.5, 0.6) is 17.2 Å². The number of aromatic hydroxyl groups is 3. The average molecular weight is 475 g/mol. The second kappa shape index (κ2) is 7.49. The van der Waals surface area contributed by atoms with E-state index in [9.17, 15) is 30.2 Å². The lowest BCUT2D eigenvalue weighted by atomic mass is 10.1. The lowest BCUT2D eigenvalue weighted by molar-refractivity contribution is -0.385. The van der Waals surface area contributed by atoms with E-state index >= 15 is 0 Å². The van der Waals surface area contributed by atoms with Crippen LogP contribution in [-0.2, 0) is 0 Å². The Labute approximate surface area is 157 Å². The zero-order valence-corrected chi connectivity index (χ0v) is 15.3. The molecule has 0 atom stereocenters. The number of nitro groups is 1. The molecule has 0 heterocycles. The van der Waals surface area contributed by atoms with Gasteiger partial charge in [0.05, 0.1) is 21.2 Å². The number of carbonyl (C=O) groups excluding carboxylic acids is 1. The van der Waals surface area contributed by atoms with E-state index in [2.05, 4.69) is 42.4 Å². The van der Waals surface area contributed by atoms with Crippen molar-refractivity contribution >= 4 is 49.7 Å². The first-order valence-corrected chi connectivity index (χ1v) is 8.02. The number of phenols is 3. The van der Waals surface area contributed by atoms with Crippen molar-refractivity contribution in [3.63, 3.8) is 0 Å². The molecule has 1 amide bonds. The topological polar surface area (TPSA) is 145 Å². The second-order valence-corrected chi connectivity index (χ2v) is 6.24. The number of hydrogen-bond acceptors (Lipinski definition) is 7. The van der Waals surface area contributed by atoms with Crippen molar-refractivity contribution in [2.45, 2.75) is 0 Å². The largest absolute Gasteiger partial charge is 0.506 e. The first-order chi connectivity index (χ1) is 11.7. The summed E-state index contributed by atoms with van der Waals surface area (Å²) in [6.07, 6.45) is 1.09. The molecule has 4 N–H and O–H groups in total. The molecule has 0 fully saturated rings. The molecule has 130 valence electrons. The van der Waals surface area contributed by atoms with Gasteiger partial charge in [0.15, 0.2) is 0 Å². The maximum atomic E-state index is 12.0. The molecule has 11 heteroatoms. The summed E-state index contributed by atoms with van der Waals surface area (Å²) < 4.78 is 0.312. The molecule has 0 saturated carbocycles. The van der Waals surface area contributed by atoms with Crippen LogP contribution in [0.4, 0.5) is 5.69 Å². The summed E-state index contributed by atoms with van der Waals surface area (Å²) in [6, 6.07) is 4.85. The summed E-state index contributed by atoms with van der Waals surface area (Å²) in [5.41, 5.74) is 1.31. The minimum atomic E-state index is -0.881. The number of hydrazone groups is 1. The van der Waals surface area contributed by atoms with Gasteiger partial charge < -0.3 is 15.3 Å². The van der Waals surface area contributed by atoms with Crippen molar-refractivity contribution < 1.29 is 25.0 Å². The van der Waals surface area contributed by atoms with Gasteiger partial charge in [0, 0.05) is 11.6 Å². The van der Waals surface area contributed by atoms with Crippen LogP contribution in [0.1, 0.15) is 15.9 Å². The molecule has 25 heavy (non-hydrogen) atoms. The molecule has 0 radical (unpaired) electrons. The third-order valence-corrected chi connectivity index (χ3v) is 4.38. The second-order valence-electron chi connectivity index (χ2n) is 4.59. The van der Waals surface area contributed by atoms with Gasteiger partial charge in [0.1, 0.15) is 16.0 Å². The van der Waals surface area contributed by atoms with Crippen molar-refractivity contribution in [2.24, 2.45) is 5.10 Å². The molecule has 0 spiro atoms. The van der Waals surface area contributed by atoms with Crippen LogP contribution in [-0.4, -0.2) is 32.4 Å². The summed E-state index contributed by atoms with van der Waals surface area (Å²) in [6.45, 7) is 0. The van der Waals surface area contributed by atoms with E-state index < -0.39 is 22.3 Å². The summed E-state index contributed by atoms with van der Waals surface area (Å²) >= 11 is 6.08. The van der Waals surface area contributed by atoms with Gasteiger partial charge in [-0.15, -0.1) is 0 Å². The summed E-state index contributed by atoms with van der Waals surface area (Å²) in [4.78, 5) is 21.9. The first-order valence-electron chi connectivity index (χ1n) is 6.43. The van der Waals surface area contributed by atoms with E-state index in [1.54, 1.807) is 0 Å². The molecule has 0 aliphatic rings. The molecular formula is C14H9Br2N3O6. The third kappa shape index (κ3) is 3.88. The lowest BCUT2D eigenvalue weighted by Crippen LogP contribution is -2.18. The molecule has 2 rings (SSSR count). The standard InChI is InChI=1S/C14H9Br2N3O6/c15-8-4-6(11(20)10(16)13(8)22)5-17-18-14(23)7-2-1-3-9(12(7)21)19(24)25/h1-5,20-22H,(H,18,23)/b17-5-. The van der Waals surface area contributed by atoms with Crippen LogP contribution in [0.3, 0.4) is 0 Å². The van der Waals surface area contributed by atoms with E-state index in [0.29, 0.717) is 0 Å². The van der Waals surface area contributed by atoms with Crippen LogP contribution in [0.25, 0.3) is 0 Å². The zero-order valence-electron chi connectivity index (χ0n) is 12.1. The lowest BCUT2D eigenvalue weighted by Gasteiger charge is -2.06. The maximum absolute atomic E-state index is 12.0. The number of benzene rings is 2. The molecule has 2 aromatic rings. The van der Waals surface area contributed by atoms with Crippen molar-refractivity contribution in [3.05, 3.63) is 54.5 Å². The van der Waals surface area contributed by atoms with Gasteiger partial charge in [-0.25, -0.2) is 5.43 Å². The van der Waals surface area contributed by atoms with Crippen molar-refractivity contribution in [1.29, 1.82) is 0 Å². The van der Waals surface area contributed by atoms with Crippen LogP contribution in [0, 0.1) is 10.1 Å². The van der Waals surface area contributed by atoms with Crippen molar-refractivity contribution in [1.82, 2.24) is 5.43 Å². The van der Waals surface area contributed by atoms with Gasteiger partial charge in [-0.2, -0.15) is 5.10 Å². The quantitative estimate of drug-likeness (QED) is 0.304. The molecule has 2 aromatic carbocycles. The number of rotatable bonds is 4. The molecule has 0 aliphatic heterocycles. The van der Waals surface area contributed by atoms with Crippen molar-refractivity contribution in [3.8, 4) is 17.2 Å². The Kier molecular flexibility index (Phi) is 5.59. The molecule has 9 nitrogen and oxygen atoms in total. The summed E-state index contributed by atoms with van der Waals surface area (Å²) in [5.74, 6) is -2.18. The van der Waals surface area contributed by atoms with Gasteiger partial charge in [-0.1, -0.05) is 6.07 Å². The van der Waals surface area contributed by atoms with E-state index in [1.807, 2.05) is 0 Å². The fourth-order valence-electron chi connectivity index (χ4n) is 1.80. The van der Waals surface area contributed by atoms with Gasteiger partial charge in [0.2, 0.25) is 5.75 Å². The first kappa shape index (κ1) is 18.7. The molecule has 0 saturated heterocycles. The monoisotopic (exact) mass is 473 g/mol. The fraction of sp³-hybridized carbons (Fsp3) is 0. The maximum Gasteiger partial charge on any atom is 0.311 e. The number of nitro benzene ring substituents is 1. The Bertz CT molecular complexity index is 901. The SMILES string of the molecule is O=C(N/N=C\c1cc(Br)c(O)c(Br)c1O)c1cccc([N+](=O)[O-])c1O. The van der Waals surface area contributed by atoms with E-state index in [-0.39, 0.29) is 31.6 Å². The third-order valence-electron chi connectivity index (χ3n) is 3.02.